The number of carbonyl (C=O) groups is 2. The first-order chi connectivity index (χ1) is 11.4. The zero-order valence-corrected chi connectivity index (χ0v) is 13.5. The predicted octanol–water partition coefficient (Wildman–Crippen LogP) is 1.46. The van der Waals surface area contributed by atoms with E-state index in [0.717, 1.165) is 16.5 Å². The van der Waals surface area contributed by atoms with Crippen molar-refractivity contribution >= 4 is 22.7 Å². The maximum absolute atomic E-state index is 12.3. The van der Waals surface area contributed by atoms with Gasteiger partial charge in [-0.3, -0.25) is 9.59 Å². The lowest BCUT2D eigenvalue weighted by Gasteiger charge is -2.17. The number of benzene rings is 1. The van der Waals surface area contributed by atoms with Crippen LogP contribution >= 0.6 is 0 Å². The van der Waals surface area contributed by atoms with E-state index >= 15 is 0 Å². The van der Waals surface area contributed by atoms with Crippen molar-refractivity contribution in [3.8, 4) is 0 Å². The standard InChI is InChI=1S/C17H23N3O4/c1-10(6-15(20-24)17(22)23)7-16(21)13(18)8-11-9-19-14-5-3-2-4-12(11)14/h2-5,9-10,13,15,19-20,24H,6-8,18H2,1H3,(H,22,23)/t10?,13-,15-/m0/s1. The molecule has 7 nitrogen and oxygen atoms in total. The number of aromatic amines is 1. The fourth-order valence-electron chi connectivity index (χ4n) is 2.84. The molecule has 0 saturated heterocycles. The summed E-state index contributed by atoms with van der Waals surface area (Å²) in [5.41, 5.74) is 9.76. The number of aromatic nitrogens is 1. The van der Waals surface area contributed by atoms with Crippen molar-refractivity contribution in [3.05, 3.63) is 36.0 Å². The van der Waals surface area contributed by atoms with Crippen LogP contribution in [0.2, 0.25) is 0 Å². The predicted molar refractivity (Wildman–Crippen MR) is 89.7 cm³/mol. The van der Waals surface area contributed by atoms with Crippen molar-refractivity contribution in [2.24, 2.45) is 11.7 Å². The van der Waals surface area contributed by atoms with Crippen LogP contribution in [0.1, 0.15) is 25.3 Å². The maximum atomic E-state index is 12.3. The molecule has 0 saturated carbocycles. The van der Waals surface area contributed by atoms with Gasteiger partial charge in [-0.25, -0.2) is 0 Å². The Kier molecular flexibility index (Phi) is 6.08. The molecule has 24 heavy (non-hydrogen) atoms. The monoisotopic (exact) mass is 333 g/mol. The average Bonchev–Trinajstić information content (AvgIpc) is 2.95. The minimum atomic E-state index is -1.15. The Balaban J connectivity index is 1.93. The number of nitrogens with two attached hydrogens (primary N) is 1. The molecule has 0 bridgehead atoms. The van der Waals surface area contributed by atoms with E-state index < -0.39 is 18.1 Å². The number of carboxylic acids is 1. The van der Waals surface area contributed by atoms with Crippen molar-refractivity contribution in [3.63, 3.8) is 0 Å². The van der Waals surface area contributed by atoms with Crippen LogP contribution in [0.15, 0.2) is 30.5 Å². The summed E-state index contributed by atoms with van der Waals surface area (Å²) in [5.74, 6) is -1.47. The van der Waals surface area contributed by atoms with Crippen LogP contribution in [0, 0.1) is 5.92 Å². The lowest BCUT2D eigenvalue weighted by molar-refractivity contribution is -0.143. The third-order valence-corrected chi connectivity index (χ3v) is 4.17. The minimum Gasteiger partial charge on any atom is -0.480 e. The van der Waals surface area contributed by atoms with Gasteiger partial charge in [0, 0.05) is 23.5 Å². The lowest BCUT2D eigenvalue weighted by Crippen LogP contribution is -2.38. The molecule has 0 aliphatic carbocycles. The molecule has 7 heteroatoms. The molecule has 0 spiro atoms. The Morgan fingerprint density at radius 3 is 2.71 bits per heavy atom. The van der Waals surface area contributed by atoms with Gasteiger partial charge in [0.05, 0.1) is 6.04 Å². The van der Waals surface area contributed by atoms with Crippen molar-refractivity contribution in [2.45, 2.75) is 38.3 Å². The molecule has 0 aliphatic heterocycles. The van der Waals surface area contributed by atoms with Gasteiger partial charge in [0.15, 0.2) is 0 Å². The molecule has 130 valence electrons. The minimum absolute atomic E-state index is 0.116. The first kappa shape index (κ1) is 18.1. The van der Waals surface area contributed by atoms with Gasteiger partial charge < -0.3 is 21.0 Å². The summed E-state index contributed by atoms with van der Waals surface area (Å²) in [6.07, 6.45) is 2.61. The second-order valence-corrected chi connectivity index (χ2v) is 6.20. The summed E-state index contributed by atoms with van der Waals surface area (Å²) >= 11 is 0. The maximum Gasteiger partial charge on any atom is 0.323 e. The molecule has 0 amide bonds. The molecule has 1 aromatic carbocycles. The summed E-state index contributed by atoms with van der Waals surface area (Å²) in [6.45, 7) is 1.77. The van der Waals surface area contributed by atoms with Gasteiger partial charge in [0.25, 0.3) is 0 Å². The molecule has 2 aromatic rings. The fraction of sp³-hybridized carbons (Fsp3) is 0.412. The Bertz CT molecular complexity index is 713. The highest BCUT2D eigenvalue weighted by atomic mass is 16.5. The highest BCUT2D eigenvalue weighted by Gasteiger charge is 2.23. The van der Waals surface area contributed by atoms with Gasteiger partial charge in [0.1, 0.15) is 11.8 Å². The molecule has 1 heterocycles. The molecule has 3 atom stereocenters. The van der Waals surface area contributed by atoms with Crippen molar-refractivity contribution in [1.82, 2.24) is 10.5 Å². The second kappa shape index (κ2) is 8.05. The molecule has 0 fully saturated rings. The molecular formula is C17H23N3O4. The first-order valence-corrected chi connectivity index (χ1v) is 7.88. The van der Waals surface area contributed by atoms with Crippen LogP contribution in [0.25, 0.3) is 10.9 Å². The molecule has 0 aliphatic rings. The van der Waals surface area contributed by atoms with E-state index in [1.165, 1.54) is 0 Å². The van der Waals surface area contributed by atoms with E-state index in [2.05, 4.69) is 4.98 Å². The van der Waals surface area contributed by atoms with E-state index in [-0.39, 0.29) is 24.5 Å². The number of hydrogen-bond donors (Lipinski definition) is 5. The third-order valence-electron chi connectivity index (χ3n) is 4.17. The van der Waals surface area contributed by atoms with E-state index in [9.17, 15) is 9.59 Å². The number of carboxylic acid groups (broad SMARTS) is 1. The van der Waals surface area contributed by atoms with E-state index in [1.54, 1.807) is 12.4 Å². The Morgan fingerprint density at radius 1 is 1.33 bits per heavy atom. The molecule has 0 radical (unpaired) electrons. The third kappa shape index (κ3) is 4.41. The van der Waals surface area contributed by atoms with E-state index in [1.807, 2.05) is 30.5 Å². The second-order valence-electron chi connectivity index (χ2n) is 6.20. The number of fused-ring (bicyclic) bond motifs is 1. The van der Waals surface area contributed by atoms with Crippen LogP contribution in [0.5, 0.6) is 0 Å². The van der Waals surface area contributed by atoms with Gasteiger partial charge >= 0.3 is 5.97 Å². The van der Waals surface area contributed by atoms with Crippen LogP contribution in [0.3, 0.4) is 0 Å². The zero-order chi connectivity index (χ0) is 17.7. The molecule has 1 aromatic heterocycles. The quantitative estimate of drug-likeness (QED) is 0.442. The fourth-order valence-corrected chi connectivity index (χ4v) is 2.84. The van der Waals surface area contributed by atoms with E-state index in [0.29, 0.717) is 6.42 Å². The van der Waals surface area contributed by atoms with Crippen molar-refractivity contribution in [2.75, 3.05) is 0 Å². The molecule has 6 N–H and O–H groups in total. The number of Topliss-reactive ketones (excluding diaryl/α,β-unsaturated/α-hetero) is 1. The number of hydrogen-bond acceptors (Lipinski definition) is 5. The zero-order valence-electron chi connectivity index (χ0n) is 13.5. The molecule has 1 unspecified atom stereocenters. The van der Waals surface area contributed by atoms with Gasteiger partial charge in [-0.15, -0.1) is 0 Å². The van der Waals surface area contributed by atoms with Crippen LogP contribution in [-0.4, -0.2) is 39.1 Å². The number of ketones is 1. The van der Waals surface area contributed by atoms with Crippen LogP contribution < -0.4 is 11.2 Å². The summed E-state index contributed by atoms with van der Waals surface area (Å²) < 4.78 is 0. The van der Waals surface area contributed by atoms with E-state index in [4.69, 9.17) is 16.0 Å². The van der Waals surface area contributed by atoms with Crippen LogP contribution in [0.4, 0.5) is 0 Å². The summed E-state index contributed by atoms with van der Waals surface area (Å²) in [6, 6.07) is 6.08. The summed E-state index contributed by atoms with van der Waals surface area (Å²) in [4.78, 5) is 26.3. The number of para-hydroxylation sites is 1. The van der Waals surface area contributed by atoms with Gasteiger partial charge in [-0.2, -0.15) is 5.48 Å². The summed E-state index contributed by atoms with van der Waals surface area (Å²) in [5, 5.41) is 18.8. The summed E-state index contributed by atoms with van der Waals surface area (Å²) in [7, 11) is 0. The molecule has 2 rings (SSSR count). The number of aliphatic carboxylic acids is 1. The highest BCUT2D eigenvalue weighted by Crippen LogP contribution is 2.20. The largest absolute Gasteiger partial charge is 0.480 e. The van der Waals surface area contributed by atoms with Crippen molar-refractivity contribution in [1.29, 1.82) is 0 Å². The lowest BCUT2D eigenvalue weighted by atomic mass is 9.92. The van der Waals surface area contributed by atoms with Crippen LogP contribution in [-0.2, 0) is 16.0 Å². The topological polar surface area (TPSA) is 128 Å². The normalized spacial score (nSPS) is 15.1. The SMILES string of the molecule is CC(CC(=O)[C@@H](N)Cc1c[nH]c2ccccc12)C[C@H](NO)C(=O)O. The van der Waals surface area contributed by atoms with Crippen molar-refractivity contribution < 1.29 is 19.9 Å². The Labute approximate surface area is 139 Å². The Hall–Kier alpha value is -2.22. The number of hydroxylamine groups is 1. The van der Waals surface area contributed by atoms with Gasteiger partial charge in [-0.05, 0) is 30.4 Å². The smallest absolute Gasteiger partial charge is 0.323 e. The van der Waals surface area contributed by atoms with Gasteiger partial charge in [-0.1, -0.05) is 25.1 Å². The Morgan fingerprint density at radius 2 is 2.04 bits per heavy atom. The highest BCUT2D eigenvalue weighted by molar-refractivity contribution is 5.87. The molecular weight excluding hydrogens is 310 g/mol. The number of nitrogens with one attached hydrogen (secondary N) is 2. The first-order valence-electron chi connectivity index (χ1n) is 7.88. The van der Waals surface area contributed by atoms with Gasteiger partial charge in [0.2, 0.25) is 0 Å². The number of H-pyrrole nitrogens is 1. The number of carbonyl (C=O) groups excluding carboxylic acids is 1. The number of rotatable bonds is 9. The average molecular weight is 333 g/mol.